The third kappa shape index (κ3) is 2.46. The minimum absolute atomic E-state index is 0.0956. The first-order chi connectivity index (χ1) is 11.1. The quantitative estimate of drug-likeness (QED) is 0.583. The minimum Gasteiger partial charge on any atom is -0.459 e. The lowest BCUT2D eigenvalue weighted by molar-refractivity contribution is 0.0376. The van der Waals surface area contributed by atoms with Crippen LogP contribution in [-0.4, -0.2) is 12.1 Å². The highest BCUT2D eigenvalue weighted by Crippen LogP contribution is 2.51. The van der Waals surface area contributed by atoms with Crippen LogP contribution in [0.2, 0.25) is 0 Å². The second-order valence-corrected chi connectivity index (χ2v) is 7.09. The van der Waals surface area contributed by atoms with Gasteiger partial charge in [-0.1, -0.05) is 42.5 Å². The van der Waals surface area contributed by atoms with Crippen LogP contribution in [0.25, 0.3) is 10.8 Å². The van der Waals surface area contributed by atoms with E-state index in [-0.39, 0.29) is 12.1 Å². The molecule has 2 nitrogen and oxygen atoms in total. The second-order valence-electron chi connectivity index (χ2n) is 7.09. The van der Waals surface area contributed by atoms with Crippen molar-refractivity contribution < 1.29 is 9.53 Å². The summed E-state index contributed by atoms with van der Waals surface area (Å²) < 4.78 is 5.51. The summed E-state index contributed by atoms with van der Waals surface area (Å²) in [6, 6.07) is 12.4. The molecule has 0 spiro atoms. The van der Waals surface area contributed by atoms with Crippen molar-refractivity contribution >= 4 is 16.7 Å². The Labute approximate surface area is 137 Å². The lowest BCUT2D eigenvalue weighted by Gasteiger charge is -2.23. The van der Waals surface area contributed by atoms with E-state index in [1.807, 2.05) is 26.0 Å². The number of fused-ring (bicyclic) bond motifs is 3. The highest BCUT2D eigenvalue weighted by atomic mass is 16.5. The molecule has 3 unspecified atom stereocenters. The summed E-state index contributed by atoms with van der Waals surface area (Å²) in [7, 11) is 0. The number of allylic oxidation sites excluding steroid dienone is 2. The van der Waals surface area contributed by atoms with Gasteiger partial charge in [-0.2, -0.15) is 0 Å². The Bertz CT molecular complexity index is 788. The maximum Gasteiger partial charge on any atom is 0.338 e. The van der Waals surface area contributed by atoms with Gasteiger partial charge in [0.1, 0.15) is 0 Å². The van der Waals surface area contributed by atoms with Crippen molar-refractivity contribution in [2.45, 2.75) is 38.7 Å². The van der Waals surface area contributed by atoms with Gasteiger partial charge in [0.05, 0.1) is 11.7 Å². The lowest BCUT2D eigenvalue weighted by Crippen LogP contribution is -2.17. The molecule has 0 radical (unpaired) electrons. The fourth-order valence-electron chi connectivity index (χ4n) is 4.26. The molecule has 2 bridgehead atoms. The van der Waals surface area contributed by atoms with Crippen LogP contribution in [0.3, 0.4) is 0 Å². The molecule has 2 heteroatoms. The van der Waals surface area contributed by atoms with Gasteiger partial charge in [-0.25, -0.2) is 4.79 Å². The van der Waals surface area contributed by atoms with E-state index >= 15 is 0 Å². The summed E-state index contributed by atoms with van der Waals surface area (Å²) in [5.41, 5.74) is 1.95. The van der Waals surface area contributed by atoms with Gasteiger partial charge in [-0.05, 0) is 66.8 Å². The largest absolute Gasteiger partial charge is 0.459 e. The van der Waals surface area contributed by atoms with Gasteiger partial charge in [-0.3, -0.25) is 0 Å². The monoisotopic (exact) mass is 306 g/mol. The second kappa shape index (κ2) is 5.52. The number of esters is 1. The maximum absolute atomic E-state index is 12.6. The fraction of sp³-hybridized carbons (Fsp3) is 0.381. The molecule has 0 aromatic heterocycles. The molecule has 2 aliphatic rings. The van der Waals surface area contributed by atoms with Crippen molar-refractivity contribution in [1.29, 1.82) is 0 Å². The Hall–Kier alpha value is -2.09. The van der Waals surface area contributed by atoms with E-state index in [0.29, 0.717) is 17.8 Å². The smallest absolute Gasteiger partial charge is 0.338 e. The van der Waals surface area contributed by atoms with Crippen LogP contribution in [0.4, 0.5) is 0 Å². The SMILES string of the molecule is CC(C)OC(=O)c1ccc2ccccc2c1C1CC2C=CC1C2. The molecular weight excluding hydrogens is 284 g/mol. The molecule has 0 heterocycles. The average Bonchev–Trinajstić information content (AvgIpc) is 3.16. The average molecular weight is 306 g/mol. The van der Waals surface area contributed by atoms with Crippen LogP contribution in [0, 0.1) is 11.8 Å². The Kier molecular flexibility index (Phi) is 3.48. The molecule has 0 N–H and O–H groups in total. The highest BCUT2D eigenvalue weighted by Gasteiger charge is 2.39. The first kappa shape index (κ1) is 14.5. The van der Waals surface area contributed by atoms with Crippen LogP contribution >= 0.6 is 0 Å². The Morgan fingerprint density at radius 1 is 1.09 bits per heavy atom. The van der Waals surface area contributed by atoms with E-state index in [0.717, 1.165) is 12.0 Å². The van der Waals surface area contributed by atoms with Crippen molar-refractivity contribution in [3.8, 4) is 0 Å². The molecule has 0 saturated heterocycles. The van der Waals surface area contributed by atoms with Crippen molar-refractivity contribution in [2.75, 3.05) is 0 Å². The van der Waals surface area contributed by atoms with E-state index in [1.54, 1.807) is 0 Å². The van der Waals surface area contributed by atoms with Crippen LogP contribution in [-0.2, 0) is 4.74 Å². The number of ether oxygens (including phenoxy) is 1. The van der Waals surface area contributed by atoms with Crippen molar-refractivity contribution in [3.63, 3.8) is 0 Å². The van der Waals surface area contributed by atoms with Gasteiger partial charge < -0.3 is 4.74 Å². The first-order valence-electron chi connectivity index (χ1n) is 8.54. The summed E-state index contributed by atoms with van der Waals surface area (Å²) in [6.07, 6.45) is 6.97. The molecular formula is C21H22O2. The van der Waals surface area contributed by atoms with Gasteiger partial charge in [0, 0.05) is 0 Å². The number of carbonyl (C=O) groups is 1. The molecule has 118 valence electrons. The summed E-state index contributed by atoms with van der Waals surface area (Å²) in [5.74, 6) is 1.49. The zero-order chi connectivity index (χ0) is 16.0. The summed E-state index contributed by atoms with van der Waals surface area (Å²) in [4.78, 5) is 12.6. The summed E-state index contributed by atoms with van der Waals surface area (Å²) >= 11 is 0. The Morgan fingerprint density at radius 2 is 1.91 bits per heavy atom. The minimum atomic E-state index is -0.187. The zero-order valence-electron chi connectivity index (χ0n) is 13.7. The molecule has 0 aliphatic heterocycles. The van der Waals surface area contributed by atoms with Gasteiger partial charge in [0.2, 0.25) is 0 Å². The van der Waals surface area contributed by atoms with Gasteiger partial charge >= 0.3 is 5.97 Å². The van der Waals surface area contributed by atoms with Crippen LogP contribution in [0.1, 0.15) is 48.5 Å². The molecule has 1 fully saturated rings. The molecule has 4 rings (SSSR count). The molecule has 0 amide bonds. The third-order valence-electron chi connectivity index (χ3n) is 5.18. The Morgan fingerprint density at radius 3 is 2.61 bits per heavy atom. The highest BCUT2D eigenvalue weighted by molar-refractivity contribution is 5.99. The number of carbonyl (C=O) groups excluding carboxylic acids is 1. The van der Waals surface area contributed by atoms with Crippen molar-refractivity contribution in [1.82, 2.24) is 0 Å². The summed E-state index contributed by atoms with van der Waals surface area (Å²) in [5, 5.41) is 2.41. The van der Waals surface area contributed by atoms with Gasteiger partial charge in [0.25, 0.3) is 0 Å². The zero-order valence-corrected chi connectivity index (χ0v) is 13.7. The molecule has 2 aliphatic carbocycles. The van der Waals surface area contributed by atoms with Crippen LogP contribution in [0.5, 0.6) is 0 Å². The standard InChI is InChI=1S/C21H22O2/c1-13(2)23-21(22)18-10-9-15-5-3-4-6-17(15)20(18)19-12-14-7-8-16(19)11-14/h3-10,13-14,16,19H,11-12H2,1-2H3. The van der Waals surface area contributed by atoms with Crippen molar-refractivity contribution in [3.05, 3.63) is 59.7 Å². The van der Waals surface area contributed by atoms with E-state index < -0.39 is 0 Å². The van der Waals surface area contributed by atoms with Crippen molar-refractivity contribution in [2.24, 2.45) is 11.8 Å². The normalized spacial score (nSPS) is 25.4. The third-order valence-corrected chi connectivity index (χ3v) is 5.18. The first-order valence-corrected chi connectivity index (χ1v) is 8.54. The molecule has 2 aromatic carbocycles. The predicted molar refractivity (Wildman–Crippen MR) is 92.6 cm³/mol. The molecule has 1 saturated carbocycles. The number of hydrogen-bond acceptors (Lipinski definition) is 2. The summed E-state index contributed by atoms with van der Waals surface area (Å²) in [6.45, 7) is 3.80. The van der Waals surface area contributed by atoms with Gasteiger partial charge in [0.15, 0.2) is 0 Å². The maximum atomic E-state index is 12.6. The van der Waals surface area contributed by atoms with Gasteiger partial charge in [-0.15, -0.1) is 0 Å². The van der Waals surface area contributed by atoms with E-state index in [2.05, 4.69) is 36.4 Å². The van der Waals surface area contributed by atoms with E-state index in [4.69, 9.17) is 4.74 Å². The van der Waals surface area contributed by atoms with Crippen LogP contribution < -0.4 is 0 Å². The molecule has 3 atom stereocenters. The number of benzene rings is 2. The number of rotatable bonds is 3. The molecule has 2 aromatic rings. The van der Waals surface area contributed by atoms with Crippen LogP contribution in [0.15, 0.2) is 48.6 Å². The lowest BCUT2D eigenvalue weighted by atomic mass is 9.81. The predicted octanol–water partition coefficient (Wildman–Crippen LogP) is 5.08. The van der Waals surface area contributed by atoms with E-state index in [1.165, 1.54) is 22.8 Å². The topological polar surface area (TPSA) is 26.3 Å². The Balaban J connectivity index is 1.87. The fourth-order valence-corrected chi connectivity index (χ4v) is 4.26. The molecule has 23 heavy (non-hydrogen) atoms. The number of hydrogen-bond donors (Lipinski definition) is 0. The van der Waals surface area contributed by atoms with E-state index in [9.17, 15) is 4.79 Å².